The van der Waals surface area contributed by atoms with E-state index in [0.29, 0.717) is 0 Å². The van der Waals surface area contributed by atoms with Crippen LogP contribution in [0.25, 0.3) is 0 Å². The van der Waals surface area contributed by atoms with Crippen LogP contribution in [-0.2, 0) is 11.2 Å². The Balaban J connectivity index is 2.26. The first-order chi connectivity index (χ1) is 7.59. The molecule has 4 nitrogen and oxygen atoms in total. The fourth-order valence-electron chi connectivity index (χ4n) is 2.32. The smallest absolute Gasteiger partial charge is 0.305 e. The van der Waals surface area contributed by atoms with E-state index in [-0.39, 0.29) is 12.5 Å². The second kappa shape index (κ2) is 4.04. The number of hydrogen-bond acceptors (Lipinski definition) is 3. The molecule has 1 aliphatic rings. The van der Waals surface area contributed by atoms with Crippen LogP contribution < -0.4 is 10.6 Å². The average Bonchev–Trinajstić information content (AvgIpc) is 2.61. The van der Waals surface area contributed by atoms with E-state index in [2.05, 4.69) is 11.0 Å². The molecule has 1 unspecified atom stereocenters. The van der Waals surface area contributed by atoms with Gasteiger partial charge < -0.3 is 15.7 Å². The lowest BCUT2D eigenvalue weighted by atomic mass is 10.1. The van der Waals surface area contributed by atoms with Crippen molar-refractivity contribution in [3.8, 4) is 0 Å². The number of hydrogen-bond donors (Lipinski definition) is 2. The Hall–Kier alpha value is -1.71. The maximum absolute atomic E-state index is 10.7. The van der Waals surface area contributed by atoms with Crippen molar-refractivity contribution in [3.05, 3.63) is 23.8 Å². The first-order valence-electron chi connectivity index (χ1n) is 5.45. The van der Waals surface area contributed by atoms with Crippen LogP contribution in [0.4, 0.5) is 11.4 Å². The second-order valence-corrected chi connectivity index (χ2v) is 4.25. The van der Waals surface area contributed by atoms with Gasteiger partial charge in [0.2, 0.25) is 0 Å². The molecule has 1 aromatic carbocycles. The third kappa shape index (κ3) is 1.83. The van der Waals surface area contributed by atoms with E-state index < -0.39 is 5.97 Å². The van der Waals surface area contributed by atoms with Crippen molar-refractivity contribution < 1.29 is 9.90 Å². The molecule has 1 aromatic rings. The SMILES string of the molecule is CC(CC(=O)O)N1CCc2cccc(N)c21. The number of fused-ring (bicyclic) bond motifs is 1. The summed E-state index contributed by atoms with van der Waals surface area (Å²) in [4.78, 5) is 12.8. The number of carbonyl (C=O) groups is 1. The normalized spacial score (nSPS) is 15.9. The predicted octanol–water partition coefficient (Wildman–Crippen LogP) is 1.49. The fraction of sp³-hybridized carbons (Fsp3) is 0.417. The summed E-state index contributed by atoms with van der Waals surface area (Å²) in [5.74, 6) is -0.768. The quantitative estimate of drug-likeness (QED) is 0.757. The number of rotatable bonds is 3. The Morgan fingerprint density at radius 1 is 1.62 bits per heavy atom. The van der Waals surface area contributed by atoms with Crippen molar-refractivity contribution in [2.45, 2.75) is 25.8 Å². The van der Waals surface area contributed by atoms with Gasteiger partial charge in [-0.2, -0.15) is 0 Å². The molecule has 86 valence electrons. The van der Waals surface area contributed by atoms with Gasteiger partial charge in [-0.3, -0.25) is 4.79 Å². The maximum atomic E-state index is 10.7. The van der Waals surface area contributed by atoms with E-state index in [1.165, 1.54) is 5.56 Å². The van der Waals surface area contributed by atoms with Gasteiger partial charge in [0.25, 0.3) is 0 Å². The minimum Gasteiger partial charge on any atom is -0.481 e. The number of carboxylic acids is 1. The van der Waals surface area contributed by atoms with Crippen LogP contribution in [0, 0.1) is 0 Å². The Kier molecular flexibility index (Phi) is 2.73. The standard InChI is InChI=1S/C12H16N2O2/c1-8(7-11(15)16)14-6-5-9-3-2-4-10(13)12(9)14/h2-4,8H,5-7,13H2,1H3,(H,15,16). The maximum Gasteiger partial charge on any atom is 0.305 e. The molecule has 1 heterocycles. The number of nitrogens with zero attached hydrogens (tertiary/aromatic N) is 1. The molecule has 0 saturated heterocycles. The summed E-state index contributed by atoms with van der Waals surface area (Å²) in [5, 5.41) is 8.80. The zero-order valence-corrected chi connectivity index (χ0v) is 9.31. The molecular weight excluding hydrogens is 204 g/mol. The zero-order chi connectivity index (χ0) is 11.7. The number of carboxylic acid groups (broad SMARTS) is 1. The van der Waals surface area contributed by atoms with Gasteiger partial charge in [0.05, 0.1) is 17.8 Å². The Morgan fingerprint density at radius 2 is 2.38 bits per heavy atom. The van der Waals surface area contributed by atoms with Crippen LogP contribution in [0.2, 0.25) is 0 Å². The molecule has 0 fully saturated rings. The summed E-state index contributed by atoms with van der Waals surface area (Å²) in [7, 11) is 0. The van der Waals surface area contributed by atoms with Crippen LogP contribution in [0.5, 0.6) is 0 Å². The highest BCUT2D eigenvalue weighted by atomic mass is 16.4. The highest BCUT2D eigenvalue weighted by molar-refractivity contribution is 5.76. The van der Waals surface area contributed by atoms with Gasteiger partial charge in [0.1, 0.15) is 0 Å². The number of nitrogens with two attached hydrogens (primary N) is 1. The fourth-order valence-corrected chi connectivity index (χ4v) is 2.32. The molecule has 0 amide bonds. The number of aliphatic carboxylic acids is 1. The van der Waals surface area contributed by atoms with Crippen LogP contribution in [0.15, 0.2) is 18.2 Å². The lowest BCUT2D eigenvalue weighted by Crippen LogP contribution is -2.33. The summed E-state index contributed by atoms with van der Waals surface area (Å²) in [5.41, 5.74) is 8.93. The molecule has 0 aliphatic carbocycles. The third-order valence-electron chi connectivity index (χ3n) is 3.06. The van der Waals surface area contributed by atoms with Crippen LogP contribution in [-0.4, -0.2) is 23.7 Å². The largest absolute Gasteiger partial charge is 0.481 e. The minimum atomic E-state index is -0.768. The number of benzene rings is 1. The predicted molar refractivity (Wildman–Crippen MR) is 63.6 cm³/mol. The average molecular weight is 220 g/mol. The van der Waals surface area contributed by atoms with Gasteiger partial charge in [0.15, 0.2) is 0 Å². The van der Waals surface area contributed by atoms with E-state index in [1.807, 2.05) is 19.1 Å². The highest BCUT2D eigenvalue weighted by Gasteiger charge is 2.26. The van der Waals surface area contributed by atoms with Crippen molar-refractivity contribution >= 4 is 17.3 Å². The van der Waals surface area contributed by atoms with Crippen molar-refractivity contribution in [1.82, 2.24) is 0 Å². The Bertz CT molecular complexity index is 417. The minimum absolute atomic E-state index is 0.0107. The molecule has 1 atom stereocenters. The van der Waals surface area contributed by atoms with Gasteiger partial charge in [0, 0.05) is 12.6 Å². The second-order valence-electron chi connectivity index (χ2n) is 4.25. The summed E-state index contributed by atoms with van der Waals surface area (Å²) in [6.45, 7) is 2.79. The topological polar surface area (TPSA) is 66.6 Å². The van der Waals surface area contributed by atoms with E-state index in [1.54, 1.807) is 0 Å². The van der Waals surface area contributed by atoms with Crippen molar-refractivity contribution in [2.75, 3.05) is 17.2 Å². The molecule has 4 heteroatoms. The molecule has 0 saturated carbocycles. The van der Waals surface area contributed by atoms with Gasteiger partial charge >= 0.3 is 5.97 Å². The van der Waals surface area contributed by atoms with E-state index in [9.17, 15) is 4.79 Å². The van der Waals surface area contributed by atoms with Gasteiger partial charge in [-0.1, -0.05) is 12.1 Å². The molecule has 2 rings (SSSR count). The number of para-hydroxylation sites is 1. The van der Waals surface area contributed by atoms with Crippen molar-refractivity contribution in [2.24, 2.45) is 0 Å². The van der Waals surface area contributed by atoms with Gasteiger partial charge in [-0.25, -0.2) is 0 Å². The summed E-state index contributed by atoms with van der Waals surface area (Å²) in [6.07, 6.45) is 1.10. The molecule has 0 radical (unpaired) electrons. The first kappa shape index (κ1) is 10.8. The molecule has 0 aromatic heterocycles. The van der Waals surface area contributed by atoms with Gasteiger partial charge in [-0.05, 0) is 25.0 Å². The van der Waals surface area contributed by atoms with E-state index in [4.69, 9.17) is 10.8 Å². The van der Waals surface area contributed by atoms with E-state index >= 15 is 0 Å². The zero-order valence-electron chi connectivity index (χ0n) is 9.31. The highest BCUT2D eigenvalue weighted by Crippen LogP contribution is 2.35. The molecule has 0 spiro atoms. The first-order valence-corrected chi connectivity index (χ1v) is 5.45. The van der Waals surface area contributed by atoms with Crippen molar-refractivity contribution in [3.63, 3.8) is 0 Å². The molecule has 3 N–H and O–H groups in total. The third-order valence-corrected chi connectivity index (χ3v) is 3.06. The number of nitrogen functional groups attached to an aromatic ring is 1. The lowest BCUT2D eigenvalue weighted by molar-refractivity contribution is -0.137. The molecular formula is C12H16N2O2. The molecule has 0 bridgehead atoms. The Labute approximate surface area is 94.7 Å². The van der Waals surface area contributed by atoms with Gasteiger partial charge in [-0.15, -0.1) is 0 Å². The summed E-state index contributed by atoms with van der Waals surface area (Å²) >= 11 is 0. The van der Waals surface area contributed by atoms with E-state index in [0.717, 1.165) is 24.3 Å². The Morgan fingerprint density at radius 3 is 3.06 bits per heavy atom. The lowest BCUT2D eigenvalue weighted by Gasteiger charge is -2.27. The molecule has 1 aliphatic heterocycles. The summed E-state index contributed by atoms with van der Waals surface area (Å²) < 4.78 is 0. The number of anilines is 2. The van der Waals surface area contributed by atoms with Crippen LogP contribution >= 0.6 is 0 Å². The van der Waals surface area contributed by atoms with Crippen LogP contribution in [0.3, 0.4) is 0 Å². The van der Waals surface area contributed by atoms with Crippen molar-refractivity contribution in [1.29, 1.82) is 0 Å². The molecule has 16 heavy (non-hydrogen) atoms. The summed E-state index contributed by atoms with van der Waals surface area (Å²) in [6, 6.07) is 5.85. The van der Waals surface area contributed by atoms with Crippen LogP contribution in [0.1, 0.15) is 18.9 Å². The monoisotopic (exact) mass is 220 g/mol.